The summed E-state index contributed by atoms with van der Waals surface area (Å²) in [6, 6.07) is 5.35. The van der Waals surface area contributed by atoms with Gasteiger partial charge in [0.15, 0.2) is 0 Å². The number of carbonyl (C=O) groups excluding carboxylic acids is 1. The Hall–Kier alpha value is -1.88. The molecule has 3 N–H and O–H groups in total. The van der Waals surface area contributed by atoms with Crippen molar-refractivity contribution in [3.05, 3.63) is 29.6 Å². The summed E-state index contributed by atoms with van der Waals surface area (Å²) in [6.45, 7) is 1.88. The van der Waals surface area contributed by atoms with Gasteiger partial charge in [-0.2, -0.15) is 0 Å². The van der Waals surface area contributed by atoms with E-state index in [2.05, 4.69) is 20.8 Å². The number of carbonyl (C=O) groups is 1. The standard InChI is InChI=1S/C10H12N4O/c1-6-12-8-4-3-7(5-9(8)13-6)10(15)14-11-2/h3-5,11H,1-2H3,(H,12,13)(H,14,15). The van der Waals surface area contributed by atoms with E-state index >= 15 is 0 Å². The van der Waals surface area contributed by atoms with Crippen LogP contribution in [0.25, 0.3) is 11.0 Å². The molecule has 78 valence electrons. The summed E-state index contributed by atoms with van der Waals surface area (Å²) in [5, 5.41) is 0. The number of aryl methyl sites for hydroxylation is 1. The second-order valence-corrected chi connectivity index (χ2v) is 3.26. The van der Waals surface area contributed by atoms with Crippen molar-refractivity contribution in [3.8, 4) is 0 Å². The molecule has 2 aromatic rings. The van der Waals surface area contributed by atoms with Gasteiger partial charge >= 0.3 is 0 Å². The van der Waals surface area contributed by atoms with E-state index in [0.717, 1.165) is 16.9 Å². The Bertz CT molecular complexity index is 503. The number of hydrazine groups is 1. The summed E-state index contributed by atoms with van der Waals surface area (Å²) in [5.41, 5.74) is 7.44. The third kappa shape index (κ3) is 1.82. The van der Waals surface area contributed by atoms with Crippen LogP contribution in [-0.2, 0) is 0 Å². The first-order valence-corrected chi connectivity index (χ1v) is 4.64. The Balaban J connectivity index is 2.41. The zero-order chi connectivity index (χ0) is 10.8. The summed E-state index contributed by atoms with van der Waals surface area (Å²) in [5.74, 6) is 0.683. The largest absolute Gasteiger partial charge is 0.342 e. The summed E-state index contributed by atoms with van der Waals surface area (Å²) >= 11 is 0. The molecule has 5 heteroatoms. The van der Waals surface area contributed by atoms with Gasteiger partial charge in [0.25, 0.3) is 5.91 Å². The minimum absolute atomic E-state index is 0.161. The van der Waals surface area contributed by atoms with Crippen molar-refractivity contribution in [3.63, 3.8) is 0 Å². The summed E-state index contributed by atoms with van der Waals surface area (Å²) < 4.78 is 0. The molecule has 0 aliphatic heterocycles. The zero-order valence-corrected chi connectivity index (χ0v) is 8.59. The highest BCUT2D eigenvalue weighted by Crippen LogP contribution is 2.13. The van der Waals surface area contributed by atoms with Gasteiger partial charge in [0.1, 0.15) is 5.82 Å². The number of fused-ring (bicyclic) bond motifs is 1. The molecule has 1 aromatic carbocycles. The molecule has 0 fully saturated rings. The van der Waals surface area contributed by atoms with E-state index in [-0.39, 0.29) is 5.91 Å². The molecule has 0 unspecified atom stereocenters. The predicted molar refractivity (Wildman–Crippen MR) is 57.4 cm³/mol. The third-order valence-electron chi connectivity index (χ3n) is 2.10. The van der Waals surface area contributed by atoms with Crippen molar-refractivity contribution in [2.24, 2.45) is 0 Å². The minimum Gasteiger partial charge on any atom is -0.342 e. The van der Waals surface area contributed by atoms with E-state index in [1.54, 1.807) is 19.2 Å². The number of aromatic amines is 1. The first-order chi connectivity index (χ1) is 7.20. The molecule has 1 amide bonds. The Morgan fingerprint density at radius 3 is 3.00 bits per heavy atom. The van der Waals surface area contributed by atoms with Crippen molar-refractivity contribution in [2.75, 3.05) is 7.05 Å². The van der Waals surface area contributed by atoms with Crippen molar-refractivity contribution in [1.82, 2.24) is 20.8 Å². The quantitative estimate of drug-likeness (QED) is 0.632. The van der Waals surface area contributed by atoms with Crippen molar-refractivity contribution >= 4 is 16.9 Å². The lowest BCUT2D eigenvalue weighted by molar-refractivity contribution is 0.0938. The topological polar surface area (TPSA) is 69.8 Å². The van der Waals surface area contributed by atoms with Crippen molar-refractivity contribution in [2.45, 2.75) is 6.92 Å². The number of hydrogen-bond donors (Lipinski definition) is 3. The number of benzene rings is 1. The number of imidazole rings is 1. The Labute approximate surface area is 86.9 Å². The normalized spacial score (nSPS) is 10.5. The number of amides is 1. The van der Waals surface area contributed by atoms with Crippen LogP contribution in [0.4, 0.5) is 0 Å². The molecule has 1 heterocycles. The number of H-pyrrole nitrogens is 1. The highest BCUT2D eigenvalue weighted by Gasteiger charge is 2.06. The molecular formula is C10H12N4O. The number of nitrogens with one attached hydrogen (secondary N) is 3. The monoisotopic (exact) mass is 204 g/mol. The Morgan fingerprint density at radius 1 is 1.47 bits per heavy atom. The molecule has 0 radical (unpaired) electrons. The minimum atomic E-state index is -0.161. The molecule has 0 spiro atoms. The maximum Gasteiger partial charge on any atom is 0.265 e. The van der Waals surface area contributed by atoms with E-state index < -0.39 is 0 Å². The number of aromatic nitrogens is 2. The van der Waals surface area contributed by atoms with Gasteiger partial charge in [-0.3, -0.25) is 10.2 Å². The van der Waals surface area contributed by atoms with Crippen LogP contribution in [0, 0.1) is 6.92 Å². The first kappa shape index (κ1) is 9.67. The molecule has 2 rings (SSSR count). The maximum atomic E-state index is 11.5. The van der Waals surface area contributed by atoms with Crippen LogP contribution in [0.3, 0.4) is 0 Å². The van der Waals surface area contributed by atoms with Gasteiger partial charge in [-0.05, 0) is 25.1 Å². The first-order valence-electron chi connectivity index (χ1n) is 4.64. The lowest BCUT2D eigenvalue weighted by Gasteiger charge is -2.01. The van der Waals surface area contributed by atoms with E-state index in [0.29, 0.717) is 5.56 Å². The second-order valence-electron chi connectivity index (χ2n) is 3.26. The molecule has 0 atom stereocenters. The Morgan fingerprint density at radius 2 is 2.27 bits per heavy atom. The molecular weight excluding hydrogens is 192 g/mol. The fourth-order valence-corrected chi connectivity index (χ4v) is 1.46. The average molecular weight is 204 g/mol. The molecule has 15 heavy (non-hydrogen) atoms. The van der Waals surface area contributed by atoms with Crippen molar-refractivity contribution in [1.29, 1.82) is 0 Å². The summed E-state index contributed by atoms with van der Waals surface area (Å²) in [7, 11) is 1.65. The fraction of sp³-hybridized carbons (Fsp3) is 0.200. The van der Waals surface area contributed by atoms with Crippen LogP contribution >= 0.6 is 0 Å². The van der Waals surface area contributed by atoms with Gasteiger partial charge in [0.05, 0.1) is 11.0 Å². The molecule has 5 nitrogen and oxygen atoms in total. The molecule has 0 aliphatic rings. The van der Waals surface area contributed by atoms with E-state index in [1.165, 1.54) is 0 Å². The van der Waals surface area contributed by atoms with Gasteiger partial charge in [-0.1, -0.05) is 0 Å². The number of rotatable bonds is 2. The van der Waals surface area contributed by atoms with Gasteiger partial charge in [0, 0.05) is 12.6 Å². The maximum absolute atomic E-state index is 11.5. The van der Waals surface area contributed by atoms with Crippen LogP contribution < -0.4 is 10.9 Å². The van der Waals surface area contributed by atoms with Gasteiger partial charge in [-0.15, -0.1) is 0 Å². The fourth-order valence-electron chi connectivity index (χ4n) is 1.46. The van der Waals surface area contributed by atoms with Crippen LogP contribution in [0.15, 0.2) is 18.2 Å². The smallest absolute Gasteiger partial charge is 0.265 e. The summed E-state index contributed by atoms with van der Waals surface area (Å²) in [4.78, 5) is 18.8. The third-order valence-corrected chi connectivity index (χ3v) is 2.10. The van der Waals surface area contributed by atoms with Crippen molar-refractivity contribution < 1.29 is 4.79 Å². The second kappa shape index (κ2) is 3.70. The molecule has 0 saturated carbocycles. The molecule has 1 aromatic heterocycles. The van der Waals surface area contributed by atoms with E-state index in [1.807, 2.05) is 13.0 Å². The van der Waals surface area contributed by atoms with Crippen LogP contribution in [-0.4, -0.2) is 22.9 Å². The number of hydrogen-bond acceptors (Lipinski definition) is 3. The van der Waals surface area contributed by atoms with E-state index in [4.69, 9.17) is 0 Å². The van der Waals surface area contributed by atoms with Crippen LogP contribution in [0.2, 0.25) is 0 Å². The van der Waals surface area contributed by atoms with Crippen LogP contribution in [0.5, 0.6) is 0 Å². The van der Waals surface area contributed by atoms with Crippen LogP contribution in [0.1, 0.15) is 16.2 Å². The summed E-state index contributed by atoms with van der Waals surface area (Å²) in [6.07, 6.45) is 0. The lowest BCUT2D eigenvalue weighted by atomic mass is 10.2. The molecule has 0 bridgehead atoms. The van der Waals surface area contributed by atoms with Gasteiger partial charge < -0.3 is 4.98 Å². The Kier molecular flexibility index (Phi) is 2.39. The van der Waals surface area contributed by atoms with Gasteiger partial charge in [0.2, 0.25) is 0 Å². The zero-order valence-electron chi connectivity index (χ0n) is 8.59. The predicted octanol–water partition coefficient (Wildman–Crippen LogP) is 0.736. The molecule has 0 saturated heterocycles. The average Bonchev–Trinajstić information content (AvgIpc) is 2.57. The van der Waals surface area contributed by atoms with Gasteiger partial charge in [-0.25, -0.2) is 10.4 Å². The SMILES string of the molecule is CNNC(=O)c1ccc2nc(C)[nH]c2c1. The molecule has 0 aliphatic carbocycles. The highest BCUT2D eigenvalue weighted by atomic mass is 16.2. The highest BCUT2D eigenvalue weighted by molar-refractivity contribution is 5.97. The number of nitrogens with zero attached hydrogens (tertiary/aromatic N) is 1. The lowest BCUT2D eigenvalue weighted by Crippen LogP contribution is -2.34. The van der Waals surface area contributed by atoms with E-state index in [9.17, 15) is 4.79 Å².